The van der Waals surface area contributed by atoms with Crippen LogP contribution in [0.1, 0.15) is 16.8 Å². The van der Waals surface area contributed by atoms with Crippen molar-refractivity contribution >= 4 is 33.3 Å². The fourth-order valence-corrected chi connectivity index (χ4v) is 2.79. The molecule has 0 heterocycles. The molecule has 1 amide bonds. The Labute approximate surface area is 115 Å². The van der Waals surface area contributed by atoms with Crippen molar-refractivity contribution in [3.63, 3.8) is 0 Å². The van der Waals surface area contributed by atoms with Gasteiger partial charge >= 0.3 is 5.97 Å². The predicted octanol–water partition coefficient (Wildman–Crippen LogP) is 0.948. The summed E-state index contributed by atoms with van der Waals surface area (Å²) in [5.41, 5.74) is -0.289. The third-order valence-corrected chi connectivity index (χ3v) is 4.45. The molecule has 0 aromatic heterocycles. The Morgan fingerprint density at radius 3 is 2.53 bits per heavy atom. The minimum atomic E-state index is -3.72. The van der Waals surface area contributed by atoms with Gasteiger partial charge in [-0.1, -0.05) is 11.6 Å². The van der Waals surface area contributed by atoms with Gasteiger partial charge in [0.25, 0.3) is 0 Å². The van der Waals surface area contributed by atoms with Gasteiger partial charge in [-0.3, -0.25) is 4.79 Å². The molecule has 0 atom stereocenters. The first-order chi connectivity index (χ1) is 8.77. The van der Waals surface area contributed by atoms with Gasteiger partial charge in [0.1, 0.15) is 0 Å². The summed E-state index contributed by atoms with van der Waals surface area (Å²) >= 11 is 5.65. The molecule has 0 spiro atoms. The number of carbonyl (C=O) groups excluding carboxylic acids is 1. The van der Waals surface area contributed by atoms with Gasteiger partial charge in [-0.05, 0) is 18.2 Å². The zero-order chi connectivity index (χ0) is 14.6. The highest BCUT2D eigenvalue weighted by Gasteiger charge is 2.19. The van der Waals surface area contributed by atoms with E-state index in [0.717, 1.165) is 6.07 Å². The summed E-state index contributed by atoms with van der Waals surface area (Å²) in [5.74, 6) is -2.11. The molecule has 0 aliphatic heterocycles. The van der Waals surface area contributed by atoms with E-state index in [0.29, 0.717) is 0 Å². The van der Waals surface area contributed by atoms with Gasteiger partial charge in [-0.15, -0.1) is 0 Å². The monoisotopic (exact) mass is 305 g/mol. The van der Waals surface area contributed by atoms with Crippen LogP contribution in [0, 0.1) is 0 Å². The number of hydrogen-bond donors (Lipinski definition) is 2. The maximum atomic E-state index is 11.9. The second-order valence-corrected chi connectivity index (χ2v) is 6.21. The van der Waals surface area contributed by atoms with E-state index in [2.05, 4.69) is 5.32 Å². The van der Waals surface area contributed by atoms with Crippen molar-refractivity contribution in [3.8, 4) is 0 Å². The van der Waals surface area contributed by atoms with Gasteiger partial charge in [0.15, 0.2) is 9.84 Å². The molecule has 104 valence electrons. The fraction of sp³-hybridized carbons (Fsp3) is 0.273. The van der Waals surface area contributed by atoms with Gasteiger partial charge in [0, 0.05) is 13.5 Å². The quantitative estimate of drug-likeness (QED) is 0.843. The molecule has 0 saturated carbocycles. The first-order valence-electron chi connectivity index (χ1n) is 5.24. The Kier molecular flexibility index (Phi) is 4.90. The average molecular weight is 306 g/mol. The Morgan fingerprint density at radius 1 is 1.37 bits per heavy atom. The van der Waals surface area contributed by atoms with Crippen LogP contribution in [-0.4, -0.2) is 38.2 Å². The van der Waals surface area contributed by atoms with Gasteiger partial charge in [-0.2, -0.15) is 0 Å². The van der Waals surface area contributed by atoms with Crippen LogP contribution in [-0.2, 0) is 14.6 Å². The first-order valence-corrected chi connectivity index (χ1v) is 7.27. The molecule has 1 aromatic carbocycles. The topological polar surface area (TPSA) is 101 Å². The molecule has 19 heavy (non-hydrogen) atoms. The molecule has 0 bridgehead atoms. The molecule has 6 nitrogen and oxygen atoms in total. The summed E-state index contributed by atoms with van der Waals surface area (Å²) in [4.78, 5) is 21.7. The van der Waals surface area contributed by atoms with Gasteiger partial charge in [-0.25, -0.2) is 13.2 Å². The summed E-state index contributed by atoms with van der Waals surface area (Å²) in [6, 6.07) is 3.41. The van der Waals surface area contributed by atoms with Gasteiger partial charge in [0.2, 0.25) is 5.91 Å². The second-order valence-electron chi connectivity index (χ2n) is 3.69. The van der Waals surface area contributed by atoms with Crippen molar-refractivity contribution < 1.29 is 23.1 Å². The number of carboxylic acids is 1. The van der Waals surface area contributed by atoms with Crippen molar-refractivity contribution in [2.75, 3.05) is 12.8 Å². The average Bonchev–Trinajstić information content (AvgIpc) is 2.35. The van der Waals surface area contributed by atoms with Crippen LogP contribution in [0.5, 0.6) is 0 Å². The second kappa shape index (κ2) is 6.03. The fourth-order valence-electron chi connectivity index (χ4n) is 1.33. The third kappa shape index (κ3) is 3.93. The number of amides is 1. The molecule has 0 unspecified atom stereocenters. The Hall–Kier alpha value is -1.60. The van der Waals surface area contributed by atoms with Crippen LogP contribution in [0.3, 0.4) is 0 Å². The molecule has 8 heteroatoms. The number of rotatable bonds is 5. The van der Waals surface area contributed by atoms with Crippen LogP contribution in [0.25, 0.3) is 0 Å². The number of sulfone groups is 1. The van der Waals surface area contributed by atoms with Crippen molar-refractivity contribution in [3.05, 3.63) is 28.8 Å². The van der Waals surface area contributed by atoms with Gasteiger partial charge < -0.3 is 10.4 Å². The number of carboxylic acid groups (broad SMARTS) is 1. The summed E-state index contributed by atoms with van der Waals surface area (Å²) in [6.07, 6.45) is -0.191. The van der Waals surface area contributed by atoms with Crippen molar-refractivity contribution in [2.24, 2.45) is 0 Å². The van der Waals surface area contributed by atoms with Crippen molar-refractivity contribution in [1.29, 1.82) is 0 Å². The normalized spacial score (nSPS) is 11.1. The van der Waals surface area contributed by atoms with Crippen LogP contribution < -0.4 is 5.32 Å². The zero-order valence-corrected chi connectivity index (χ0v) is 11.6. The van der Waals surface area contributed by atoms with Crippen LogP contribution in [0.15, 0.2) is 23.1 Å². The van der Waals surface area contributed by atoms with Crippen LogP contribution in [0.2, 0.25) is 5.02 Å². The molecule has 2 N–H and O–H groups in total. The lowest BCUT2D eigenvalue weighted by molar-refractivity contribution is -0.120. The Morgan fingerprint density at radius 2 is 2.00 bits per heavy atom. The Balaban J connectivity index is 3.05. The molecule has 0 aliphatic rings. The molecule has 1 rings (SSSR count). The maximum Gasteiger partial charge on any atom is 0.337 e. The Bertz CT molecular complexity index is 612. The van der Waals surface area contributed by atoms with E-state index >= 15 is 0 Å². The SMILES string of the molecule is CNC(=O)CCS(=O)(=O)c1ccc(Cl)c(C(=O)O)c1. The zero-order valence-electron chi connectivity index (χ0n) is 10.0. The van der Waals surface area contributed by atoms with E-state index in [4.69, 9.17) is 16.7 Å². The number of aromatic carboxylic acids is 1. The standard InChI is InChI=1S/C11H12ClNO5S/c1-13-10(14)4-5-19(17,18)7-2-3-9(12)8(6-7)11(15)16/h2-3,6H,4-5H2,1H3,(H,13,14)(H,15,16). The van der Waals surface area contributed by atoms with Gasteiger partial charge in [0.05, 0.1) is 21.2 Å². The van der Waals surface area contributed by atoms with E-state index in [-0.39, 0.29) is 21.9 Å². The van der Waals surface area contributed by atoms with E-state index in [1.54, 1.807) is 0 Å². The van der Waals surface area contributed by atoms with Crippen LogP contribution >= 0.6 is 11.6 Å². The molecule has 0 fully saturated rings. The smallest absolute Gasteiger partial charge is 0.337 e. The van der Waals surface area contributed by atoms with E-state index in [1.807, 2.05) is 0 Å². The number of benzene rings is 1. The predicted molar refractivity (Wildman–Crippen MR) is 69.1 cm³/mol. The highest BCUT2D eigenvalue weighted by atomic mass is 35.5. The number of carbonyl (C=O) groups is 2. The van der Waals surface area contributed by atoms with Crippen molar-refractivity contribution in [1.82, 2.24) is 5.32 Å². The minimum Gasteiger partial charge on any atom is -0.478 e. The highest BCUT2D eigenvalue weighted by molar-refractivity contribution is 7.91. The molecule has 0 saturated heterocycles. The summed E-state index contributed by atoms with van der Waals surface area (Å²) < 4.78 is 23.8. The third-order valence-electron chi connectivity index (χ3n) is 2.40. The van der Waals surface area contributed by atoms with E-state index < -0.39 is 27.5 Å². The summed E-state index contributed by atoms with van der Waals surface area (Å²) in [6.45, 7) is 0. The largest absolute Gasteiger partial charge is 0.478 e. The first kappa shape index (κ1) is 15.5. The van der Waals surface area contributed by atoms with Crippen molar-refractivity contribution in [2.45, 2.75) is 11.3 Å². The molecule has 0 radical (unpaired) electrons. The number of nitrogens with one attached hydrogen (secondary N) is 1. The molecular weight excluding hydrogens is 294 g/mol. The molecular formula is C11H12ClNO5S. The minimum absolute atomic E-state index is 0.0437. The number of halogens is 1. The maximum absolute atomic E-state index is 11.9. The lowest BCUT2D eigenvalue weighted by atomic mass is 10.2. The molecule has 1 aromatic rings. The highest BCUT2D eigenvalue weighted by Crippen LogP contribution is 2.21. The van der Waals surface area contributed by atoms with E-state index in [9.17, 15) is 18.0 Å². The van der Waals surface area contributed by atoms with E-state index in [1.165, 1.54) is 19.2 Å². The lowest BCUT2D eigenvalue weighted by Gasteiger charge is -2.06. The summed E-state index contributed by atoms with van der Waals surface area (Å²) in [7, 11) is -2.32. The lowest BCUT2D eigenvalue weighted by Crippen LogP contribution is -2.21. The molecule has 0 aliphatic carbocycles. The van der Waals surface area contributed by atoms with Crippen LogP contribution in [0.4, 0.5) is 0 Å². The summed E-state index contributed by atoms with van der Waals surface area (Å²) in [5, 5.41) is 11.1. The number of hydrogen-bond acceptors (Lipinski definition) is 4.